The number of halogens is 22. The van der Waals surface area contributed by atoms with Gasteiger partial charge in [-0.15, -0.1) is 0 Å². The molecule has 24 heteroatoms. The number of hydrogen-bond acceptors (Lipinski definition) is 2. The molecule has 0 N–H and O–H groups in total. The van der Waals surface area contributed by atoms with Crippen molar-refractivity contribution in [2.45, 2.75) is 59.9 Å². The van der Waals surface area contributed by atoms with Gasteiger partial charge in [-0.2, -0.15) is 106 Å². The molecule has 0 saturated carbocycles. The SMILES string of the molecule is FC1=NC(F)(F)C(F)(F)N1C(F)(F)C(F)(F)C(F)(F)C(F)(F)C(F)(F)C(F)(F)C(F)(F)C(F)(F)F. The Morgan fingerprint density at radius 2 is 0.771 bits per heavy atom. The first kappa shape index (κ1) is 31.0. The predicted molar refractivity (Wildman–Crippen MR) is 61.0 cm³/mol. The van der Waals surface area contributed by atoms with Gasteiger partial charge in [-0.3, -0.25) is 0 Å². The van der Waals surface area contributed by atoms with Crippen LogP contribution in [0, 0.1) is 0 Å². The molecule has 1 rings (SSSR count). The molecule has 0 radical (unpaired) electrons. The molecule has 0 aromatic rings. The molecule has 35 heavy (non-hydrogen) atoms. The van der Waals surface area contributed by atoms with Crippen molar-refractivity contribution in [1.29, 1.82) is 0 Å². The van der Waals surface area contributed by atoms with Crippen molar-refractivity contribution in [1.82, 2.24) is 4.90 Å². The molecule has 0 amide bonds. The van der Waals surface area contributed by atoms with Gasteiger partial charge < -0.3 is 0 Å². The molecule has 0 aromatic heterocycles. The molecule has 0 aromatic carbocycles. The highest BCUT2D eigenvalue weighted by Gasteiger charge is 2.96. The predicted octanol–water partition coefficient (Wildman–Crippen LogP) is 6.78. The lowest BCUT2D eigenvalue weighted by atomic mass is 9.90. The first-order valence-electron chi connectivity index (χ1n) is 7.28. The fourth-order valence-electron chi connectivity index (χ4n) is 2.07. The average Bonchev–Trinajstić information content (AvgIpc) is 2.75. The Morgan fingerprint density at radius 1 is 0.486 bits per heavy atom. The van der Waals surface area contributed by atoms with Crippen LogP contribution in [0.3, 0.4) is 0 Å². The summed E-state index contributed by atoms with van der Waals surface area (Å²) in [6, 6.07) is -22.0. The van der Waals surface area contributed by atoms with Gasteiger partial charge in [-0.25, -0.2) is 0 Å². The highest BCUT2D eigenvalue weighted by atomic mass is 19.4. The Labute approximate surface area is 174 Å². The summed E-state index contributed by atoms with van der Waals surface area (Å²) < 4.78 is 286. The van der Waals surface area contributed by atoms with Gasteiger partial charge in [0, 0.05) is 0 Å². The smallest absolute Gasteiger partial charge is 0.199 e. The van der Waals surface area contributed by atoms with Gasteiger partial charge in [0.25, 0.3) is 6.09 Å². The normalized spacial score (nSPS) is 20.9. The van der Waals surface area contributed by atoms with E-state index in [9.17, 15) is 96.6 Å². The Kier molecular flexibility index (Phi) is 6.41. The number of amidine groups is 1. The zero-order valence-electron chi connectivity index (χ0n) is 14.7. The third-order valence-corrected chi connectivity index (χ3v) is 4.05. The fraction of sp³-hybridized carbons (Fsp3) is 0.909. The summed E-state index contributed by atoms with van der Waals surface area (Å²) in [7, 11) is 0. The Balaban J connectivity index is 3.79. The molecule has 1 aliphatic rings. The lowest BCUT2D eigenvalue weighted by molar-refractivity contribution is -0.472. The molecule has 0 unspecified atom stereocenters. The maximum Gasteiger partial charge on any atom is 0.460 e. The molecule has 0 atom stereocenters. The van der Waals surface area contributed by atoms with E-state index in [2.05, 4.69) is 0 Å². The van der Waals surface area contributed by atoms with Crippen LogP contribution in [-0.4, -0.2) is 70.8 Å². The summed E-state index contributed by atoms with van der Waals surface area (Å²) in [6.07, 6.45) is -12.3. The minimum atomic E-state index is -9.16. The van der Waals surface area contributed by atoms with Crippen molar-refractivity contribution >= 4 is 6.09 Å². The second-order valence-electron chi connectivity index (χ2n) is 6.28. The van der Waals surface area contributed by atoms with E-state index in [-0.39, 0.29) is 0 Å². The van der Waals surface area contributed by atoms with Gasteiger partial charge in [-0.1, -0.05) is 0 Å². The van der Waals surface area contributed by atoms with Crippen LogP contribution in [0.25, 0.3) is 0 Å². The van der Waals surface area contributed by atoms with Crippen LogP contribution in [-0.2, 0) is 0 Å². The van der Waals surface area contributed by atoms with Crippen molar-refractivity contribution in [3.63, 3.8) is 0 Å². The van der Waals surface area contributed by atoms with E-state index < -0.39 is 70.8 Å². The minimum Gasteiger partial charge on any atom is -0.199 e. The van der Waals surface area contributed by atoms with Gasteiger partial charge in [0.1, 0.15) is 0 Å². The highest BCUT2D eigenvalue weighted by molar-refractivity contribution is 5.76. The van der Waals surface area contributed by atoms with Crippen LogP contribution in [0.2, 0.25) is 0 Å². The van der Waals surface area contributed by atoms with Crippen molar-refractivity contribution in [2.24, 2.45) is 4.99 Å². The number of hydrogen-bond donors (Lipinski definition) is 0. The van der Waals surface area contributed by atoms with Crippen molar-refractivity contribution < 1.29 is 96.6 Å². The van der Waals surface area contributed by atoms with Gasteiger partial charge in [0.05, 0.1) is 0 Å². The summed E-state index contributed by atoms with van der Waals surface area (Å²) in [5, 5.41) is 0. The fourth-order valence-corrected chi connectivity index (χ4v) is 2.07. The zero-order chi connectivity index (χ0) is 28.9. The number of rotatable bonds is 7. The molecule has 0 aliphatic carbocycles. The van der Waals surface area contributed by atoms with E-state index in [0.717, 1.165) is 0 Å². The average molecular weight is 578 g/mol. The van der Waals surface area contributed by atoms with Gasteiger partial charge in [0.2, 0.25) is 0 Å². The molecule has 1 heterocycles. The largest absolute Gasteiger partial charge is 0.460 e. The van der Waals surface area contributed by atoms with Crippen molar-refractivity contribution in [3.8, 4) is 0 Å². The monoisotopic (exact) mass is 578 g/mol. The summed E-state index contributed by atoms with van der Waals surface area (Å²) in [4.78, 5) is -3.08. The molecule has 0 spiro atoms. The number of alkyl halides is 21. The molecule has 208 valence electrons. The standard InChI is InChI=1S/C11F22N2/c12-1-34-9(28,29)11(32,33)35(1)10(30,31)7(23,24)5(19,20)3(15,16)2(13,14)4(17,18)6(21,22)8(25,26)27. The van der Waals surface area contributed by atoms with E-state index in [0.29, 0.717) is 4.99 Å². The molecule has 0 saturated heterocycles. The topological polar surface area (TPSA) is 15.6 Å². The lowest BCUT2D eigenvalue weighted by Crippen LogP contribution is -2.76. The molecule has 2 nitrogen and oxygen atoms in total. The van der Waals surface area contributed by atoms with Crippen molar-refractivity contribution in [3.05, 3.63) is 0 Å². The molecule has 0 bridgehead atoms. The number of aliphatic imine (C=N–C) groups is 1. The van der Waals surface area contributed by atoms with Crippen LogP contribution in [0.1, 0.15) is 0 Å². The van der Waals surface area contributed by atoms with E-state index in [4.69, 9.17) is 0 Å². The summed E-state index contributed by atoms with van der Waals surface area (Å²) >= 11 is 0. The Bertz CT molecular complexity index is 863. The lowest BCUT2D eigenvalue weighted by Gasteiger charge is -2.44. The Morgan fingerprint density at radius 3 is 1.03 bits per heavy atom. The van der Waals surface area contributed by atoms with E-state index in [1.165, 1.54) is 0 Å². The highest BCUT2D eigenvalue weighted by Crippen LogP contribution is 2.65. The second-order valence-corrected chi connectivity index (χ2v) is 6.28. The summed E-state index contributed by atoms with van der Waals surface area (Å²) in [5.41, 5.74) is 0. The summed E-state index contributed by atoms with van der Waals surface area (Å²) in [6.45, 7) is 0. The maximum absolute atomic E-state index is 13.6. The first-order valence-corrected chi connectivity index (χ1v) is 7.28. The first-order chi connectivity index (χ1) is 14.7. The minimum absolute atomic E-state index is 0.681. The van der Waals surface area contributed by atoms with Crippen LogP contribution in [0.15, 0.2) is 4.99 Å². The quantitative estimate of drug-likeness (QED) is 0.241. The molecule has 0 fully saturated rings. The molecule has 1 aliphatic heterocycles. The third kappa shape index (κ3) is 3.46. The Hall–Kier alpha value is -2.07. The van der Waals surface area contributed by atoms with Gasteiger partial charge in [-0.05, 0) is 0 Å². The maximum atomic E-state index is 13.6. The van der Waals surface area contributed by atoms with E-state index in [1.807, 2.05) is 0 Å². The van der Waals surface area contributed by atoms with Crippen LogP contribution >= 0.6 is 0 Å². The van der Waals surface area contributed by atoms with Crippen LogP contribution in [0.5, 0.6) is 0 Å². The molecular weight excluding hydrogens is 578 g/mol. The van der Waals surface area contributed by atoms with E-state index >= 15 is 0 Å². The number of nitrogens with zero attached hydrogens (tertiary/aromatic N) is 2. The molecular formula is C11F22N2. The second kappa shape index (κ2) is 7.25. The van der Waals surface area contributed by atoms with Crippen LogP contribution < -0.4 is 0 Å². The zero-order valence-corrected chi connectivity index (χ0v) is 14.7. The van der Waals surface area contributed by atoms with E-state index in [1.54, 1.807) is 0 Å². The van der Waals surface area contributed by atoms with Crippen LogP contribution in [0.4, 0.5) is 96.6 Å². The van der Waals surface area contributed by atoms with Gasteiger partial charge >= 0.3 is 59.9 Å². The van der Waals surface area contributed by atoms with Gasteiger partial charge in [0.15, 0.2) is 0 Å². The summed E-state index contributed by atoms with van der Waals surface area (Å²) in [5.74, 6) is -53.5. The van der Waals surface area contributed by atoms with Crippen molar-refractivity contribution in [2.75, 3.05) is 0 Å². The third-order valence-electron chi connectivity index (χ3n) is 4.05.